The lowest BCUT2D eigenvalue weighted by atomic mass is 10.2. The van der Waals surface area contributed by atoms with Crippen molar-refractivity contribution < 1.29 is 9.72 Å². The summed E-state index contributed by atoms with van der Waals surface area (Å²) in [5.41, 5.74) is 0.0910. The van der Waals surface area contributed by atoms with E-state index in [1.54, 1.807) is 29.6 Å². The van der Waals surface area contributed by atoms with Crippen LogP contribution in [0.4, 0.5) is 11.4 Å². The first-order chi connectivity index (χ1) is 8.18. The molecule has 0 aliphatic carbocycles. The second-order valence-corrected chi connectivity index (χ2v) is 4.15. The van der Waals surface area contributed by atoms with Crippen molar-refractivity contribution in [3.05, 3.63) is 56.8 Å². The molecule has 0 fully saturated rings. The summed E-state index contributed by atoms with van der Waals surface area (Å²) in [6.45, 7) is 0. The van der Waals surface area contributed by atoms with Crippen LogP contribution in [0.1, 0.15) is 9.67 Å². The van der Waals surface area contributed by atoms with Crippen molar-refractivity contribution in [1.29, 1.82) is 0 Å². The van der Waals surface area contributed by atoms with Gasteiger partial charge < -0.3 is 5.32 Å². The molecule has 2 aromatic rings. The SMILES string of the molecule is O=C(Nc1ccccc1[N+](=O)[O-])c1cccs1. The molecule has 0 saturated heterocycles. The molecular weight excluding hydrogens is 240 g/mol. The average molecular weight is 248 g/mol. The smallest absolute Gasteiger partial charge is 0.292 e. The van der Waals surface area contributed by atoms with E-state index in [0.717, 1.165) is 0 Å². The molecule has 0 unspecified atom stereocenters. The number of nitro benzene ring substituents is 1. The Kier molecular flexibility index (Phi) is 3.15. The second-order valence-electron chi connectivity index (χ2n) is 3.21. The maximum Gasteiger partial charge on any atom is 0.292 e. The molecule has 1 heterocycles. The molecule has 1 aromatic heterocycles. The Morgan fingerprint density at radius 3 is 2.65 bits per heavy atom. The van der Waals surface area contributed by atoms with E-state index in [1.165, 1.54) is 23.5 Å². The van der Waals surface area contributed by atoms with Gasteiger partial charge in [-0.1, -0.05) is 18.2 Å². The van der Waals surface area contributed by atoms with Crippen LogP contribution in [-0.4, -0.2) is 10.8 Å². The fraction of sp³-hybridized carbons (Fsp3) is 0. The van der Waals surface area contributed by atoms with Gasteiger partial charge in [0.05, 0.1) is 9.80 Å². The van der Waals surface area contributed by atoms with Gasteiger partial charge in [0, 0.05) is 6.07 Å². The number of anilines is 1. The van der Waals surface area contributed by atoms with Crippen molar-refractivity contribution in [2.75, 3.05) is 5.32 Å². The van der Waals surface area contributed by atoms with Crippen LogP contribution in [0.5, 0.6) is 0 Å². The quantitative estimate of drug-likeness (QED) is 0.670. The number of nitrogens with one attached hydrogen (secondary N) is 1. The van der Waals surface area contributed by atoms with Gasteiger partial charge in [0.15, 0.2) is 0 Å². The van der Waals surface area contributed by atoms with Gasteiger partial charge in [-0.2, -0.15) is 0 Å². The molecule has 1 aromatic carbocycles. The topological polar surface area (TPSA) is 72.2 Å². The van der Waals surface area contributed by atoms with Crippen molar-refractivity contribution in [2.45, 2.75) is 0 Å². The van der Waals surface area contributed by atoms with E-state index in [4.69, 9.17) is 0 Å². The molecule has 5 nitrogen and oxygen atoms in total. The van der Waals surface area contributed by atoms with Gasteiger partial charge in [0.2, 0.25) is 0 Å². The largest absolute Gasteiger partial charge is 0.316 e. The van der Waals surface area contributed by atoms with Crippen LogP contribution in [0, 0.1) is 10.1 Å². The normalized spacial score (nSPS) is 9.88. The van der Waals surface area contributed by atoms with Crippen LogP contribution >= 0.6 is 11.3 Å². The van der Waals surface area contributed by atoms with Gasteiger partial charge in [-0.3, -0.25) is 14.9 Å². The first kappa shape index (κ1) is 11.3. The summed E-state index contributed by atoms with van der Waals surface area (Å²) in [6.07, 6.45) is 0. The Morgan fingerprint density at radius 2 is 2.00 bits per heavy atom. The van der Waals surface area contributed by atoms with Crippen molar-refractivity contribution in [3.8, 4) is 0 Å². The van der Waals surface area contributed by atoms with E-state index >= 15 is 0 Å². The summed E-state index contributed by atoms with van der Waals surface area (Å²) >= 11 is 1.28. The van der Waals surface area contributed by atoms with Gasteiger partial charge in [-0.05, 0) is 17.5 Å². The molecular formula is C11H8N2O3S. The highest BCUT2D eigenvalue weighted by atomic mass is 32.1. The zero-order chi connectivity index (χ0) is 12.3. The molecule has 0 radical (unpaired) electrons. The van der Waals surface area contributed by atoms with Crippen LogP contribution in [-0.2, 0) is 0 Å². The van der Waals surface area contributed by atoms with E-state index < -0.39 is 4.92 Å². The predicted molar refractivity (Wildman–Crippen MR) is 65.4 cm³/mol. The molecule has 0 bridgehead atoms. The third kappa shape index (κ3) is 2.48. The standard InChI is InChI=1S/C11H8N2O3S/c14-11(10-6-3-7-17-10)12-8-4-1-2-5-9(8)13(15)16/h1-7H,(H,12,14). The van der Waals surface area contributed by atoms with Crippen LogP contribution in [0.2, 0.25) is 0 Å². The van der Waals surface area contributed by atoms with Crippen LogP contribution in [0.25, 0.3) is 0 Å². The maximum absolute atomic E-state index is 11.7. The number of thiophene rings is 1. The van der Waals surface area contributed by atoms with Crippen molar-refractivity contribution in [2.24, 2.45) is 0 Å². The number of nitrogens with zero attached hydrogens (tertiary/aromatic N) is 1. The van der Waals surface area contributed by atoms with E-state index in [1.807, 2.05) is 0 Å². The van der Waals surface area contributed by atoms with Crippen molar-refractivity contribution >= 4 is 28.6 Å². The summed E-state index contributed by atoms with van der Waals surface area (Å²) in [5.74, 6) is -0.339. The predicted octanol–water partition coefficient (Wildman–Crippen LogP) is 2.91. The first-order valence-electron chi connectivity index (χ1n) is 4.77. The third-order valence-corrected chi connectivity index (χ3v) is 2.96. The minimum Gasteiger partial charge on any atom is -0.316 e. The van der Waals surface area contributed by atoms with Crippen LogP contribution in [0.3, 0.4) is 0 Å². The number of hydrogen-bond donors (Lipinski definition) is 1. The summed E-state index contributed by atoms with van der Waals surface area (Å²) in [5, 5.41) is 15.0. The van der Waals surface area contributed by atoms with Crippen molar-refractivity contribution in [3.63, 3.8) is 0 Å². The van der Waals surface area contributed by atoms with Crippen molar-refractivity contribution in [1.82, 2.24) is 0 Å². The Balaban J connectivity index is 2.25. The number of hydrogen-bond acceptors (Lipinski definition) is 4. The highest BCUT2D eigenvalue weighted by Crippen LogP contribution is 2.24. The molecule has 1 amide bonds. The molecule has 1 N–H and O–H groups in total. The molecule has 2 rings (SSSR count). The Bertz CT molecular complexity index is 552. The Morgan fingerprint density at radius 1 is 1.24 bits per heavy atom. The Labute approximate surface area is 101 Å². The third-order valence-electron chi connectivity index (χ3n) is 2.09. The number of carbonyl (C=O) groups is 1. The summed E-state index contributed by atoms with van der Waals surface area (Å²) < 4.78 is 0. The number of rotatable bonds is 3. The molecule has 0 saturated carbocycles. The minimum atomic E-state index is -0.524. The molecule has 86 valence electrons. The lowest BCUT2D eigenvalue weighted by molar-refractivity contribution is -0.383. The molecule has 0 atom stereocenters. The molecule has 6 heteroatoms. The lowest BCUT2D eigenvalue weighted by Crippen LogP contribution is -2.11. The van der Waals surface area contributed by atoms with Gasteiger partial charge in [-0.15, -0.1) is 11.3 Å². The Hall–Kier alpha value is -2.21. The molecule has 0 aliphatic heterocycles. The number of para-hydroxylation sites is 2. The fourth-order valence-electron chi connectivity index (χ4n) is 1.33. The van der Waals surface area contributed by atoms with E-state index in [-0.39, 0.29) is 17.3 Å². The zero-order valence-corrected chi connectivity index (χ0v) is 9.44. The van der Waals surface area contributed by atoms with Gasteiger partial charge in [-0.25, -0.2) is 0 Å². The molecule has 17 heavy (non-hydrogen) atoms. The summed E-state index contributed by atoms with van der Waals surface area (Å²) in [4.78, 5) is 22.5. The highest BCUT2D eigenvalue weighted by molar-refractivity contribution is 7.12. The van der Waals surface area contributed by atoms with Gasteiger partial charge in [0.1, 0.15) is 5.69 Å². The highest BCUT2D eigenvalue weighted by Gasteiger charge is 2.15. The second kappa shape index (κ2) is 4.75. The van der Waals surface area contributed by atoms with Gasteiger partial charge >= 0.3 is 0 Å². The number of nitro groups is 1. The van der Waals surface area contributed by atoms with Crippen LogP contribution < -0.4 is 5.32 Å². The fourth-order valence-corrected chi connectivity index (χ4v) is 1.95. The lowest BCUT2D eigenvalue weighted by Gasteiger charge is -2.03. The zero-order valence-electron chi connectivity index (χ0n) is 8.62. The summed E-state index contributed by atoms with van der Waals surface area (Å²) in [7, 11) is 0. The monoisotopic (exact) mass is 248 g/mol. The number of carbonyl (C=O) groups excluding carboxylic acids is 1. The average Bonchev–Trinajstić information content (AvgIpc) is 2.83. The number of amides is 1. The van der Waals surface area contributed by atoms with E-state index in [9.17, 15) is 14.9 Å². The first-order valence-corrected chi connectivity index (χ1v) is 5.65. The van der Waals surface area contributed by atoms with E-state index in [2.05, 4.69) is 5.32 Å². The van der Waals surface area contributed by atoms with Crippen LogP contribution in [0.15, 0.2) is 41.8 Å². The van der Waals surface area contributed by atoms with E-state index in [0.29, 0.717) is 4.88 Å². The minimum absolute atomic E-state index is 0.114. The summed E-state index contributed by atoms with van der Waals surface area (Å²) in [6, 6.07) is 9.46. The van der Waals surface area contributed by atoms with Gasteiger partial charge in [0.25, 0.3) is 11.6 Å². The molecule has 0 aliphatic rings. The number of benzene rings is 1. The molecule has 0 spiro atoms. The maximum atomic E-state index is 11.7.